The number of hydrogen-bond acceptors (Lipinski definition) is 7. The molecule has 0 spiro atoms. The van der Waals surface area contributed by atoms with Gasteiger partial charge in [-0.15, -0.1) is 0 Å². The molecule has 1 saturated carbocycles. The van der Waals surface area contributed by atoms with E-state index in [-0.39, 0.29) is 29.7 Å². The average molecular weight is 430 g/mol. The topological polar surface area (TPSA) is 92.5 Å². The van der Waals surface area contributed by atoms with E-state index in [1.165, 1.54) is 0 Å². The van der Waals surface area contributed by atoms with E-state index in [9.17, 15) is 9.90 Å². The van der Waals surface area contributed by atoms with E-state index in [1.54, 1.807) is 6.20 Å². The summed E-state index contributed by atoms with van der Waals surface area (Å²) in [5, 5.41) is 13.9. The lowest BCUT2D eigenvalue weighted by Crippen LogP contribution is -2.46. The van der Waals surface area contributed by atoms with E-state index in [1.807, 2.05) is 10.8 Å². The van der Waals surface area contributed by atoms with Gasteiger partial charge < -0.3 is 19.7 Å². The maximum atomic E-state index is 13.3. The highest BCUT2D eigenvalue weighted by atomic mass is 16.5. The van der Waals surface area contributed by atoms with Crippen molar-refractivity contribution < 1.29 is 9.84 Å². The quantitative estimate of drug-likeness (QED) is 0.728. The molecule has 4 rings (SSSR count). The smallest absolute Gasteiger partial charge is 0.261 e. The first-order valence-electron chi connectivity index (χ1n) is 11.6. The highest BCUT2D eigenvalue weighted by molar-refractivity contribution is 5.81. The summed E-state index contributed by atoms with van der Waals surface area (Å²) < 4.78 is 7.48. The van der Waals surface area contributed by atoms with E-state index in [0.29, 0.717) is 24.5 Å². The molecule has 3 heterocycles. The Hall–Kier alpha value is -2.03. The molecule has 8 nitrogen and oxygen atoms in total. The molecule has 8 heteroatoms. The lowest BCUT2D eigenvalue weighted by Gasteiger charge is -2.33. The van der Waals surface area contributed by atoms with Crippen molar-refractivity contribution in [2.45, 2.75) is 76.6 Å². The molecule has 2 N–H and O–H groups in total. The lowest BCUT2D eigenvalue weighted by molar-refractivity contribution is -0.000520. The van der Waals surface area contributed by atoms with Gasteiger partial charge in [-0.2, -0.15) is 0 Å². The molecule has 170 valence electrons. The summed E-state index contributed by atoms with van der Waals surface area (Å²) in [5.41, 5.74) is 1.79. The van der Waals surface area contributed by atoms with Gasteiger partial charge in [-0.05, 0) is 57.6 Å². The van der Waals surface area contributed by atoms with Crippen molar-refractivity contribution in [3.63, 3.8) is 0 Å². The van der Waals surface area contributed by atoms with Crippen molar-refractivity contribution >= 4 is 16.9 Å². The number of hydrogen-bond donors (Lipinski definition) is 2. The molecule has 2 atom stereocenters. The number of aromatic nitrogens is 3. The monoisotopic (exact) mass is 429 g/mol. The van der Waals surface area contributed by atoms with Crippen LogP contribution >= 0.6 is 0 Å². The Morgan fingerprint density at radius 2 is 2.10 bits per heavy atom. The zero-order chi connectivity index (χ0) is 22.0. The van der Waals surface area contributed by atoms with Crippen LogP contribution in [0.4, 0.5) is 5.95 Å². The number of fused-ring (bicyclic) bond motifs is 1. The first-order valence-corrected chi connectivity index (χ1v) is 11.6. The molecule has 0 amide bonds. The number of aliphatic hydroxyl groups excluding tert-OH is 1. The van der Waals surface area contributed by atoms with E-state index in [0.717, 1.165) is 56.3 Å². The Balaban J connectivity index is 1.75. The van der Waals surface area contributed by atoms with E-state index < -0.39 is 0 Å². The number of ether oxygens (including phenoxy) is 1. The first-order chi connectivity index (χ1) is 15.0. The second-order valence-electron chi connectivity index (χ2n) is 9.17. The largest absolute Gasteiger partial charge is 0.393 e. The Labute approximate surface area is 183 Å². The number of anilines is 1. The fraction of sp³-hybridized carbons (Fsp3) is 0.696. The molecule has 2 aromatic heterocycles. The summed E-state index contributed by atoms with van der Waals surface area (Å²) in [7, 11) is 2.08. The van der Waals surface area contributed by atoms with Crippen LogP contribution in [-0.4, -0.2) is 69.5 Å². The van der Waals surface area contributed by atoms with Crippen molar-refractivity contribution in [1.82, 2.24) is 19.4 Å². The highest BCUT2D eigenvalue weighted by Crippen LogP contribution is 2.35. The number of likely N-dealkylation sites (N-methyl/N-ethyl adjacent to an activating group) is 1. The zero-order valence-corrected chi connectivity index (χ0v) is 18.9. The maximum Gasteiger partial charge on any atom is 0.261 e. The molecule has 0 aromatic carbocycles. The summed E-state index contributed by atoms with van der Waals surface area (Å²) in [6.07, 6.45) is 7.80. The minimum Gasteiger partial charge on any atom is -0.393 e. The van der Waals surface area contributed by atoms with Gasteiger partial charge >= 0.3 is 0 Å². The third-order valence-corrected chi connectivity index (χ3v) is 6.90. The summed E-state index contributed by atoms with van der Waals surface area (Å²) in [4.78, 5) is 24.8. The second-order valence-corrected chi connectivity index (χ2v) is 9.17. The van der Waals surface area contributed by atoms with Crippen LogP contribution in [0.1, 0.15) is 57.4 Å². The van der Waals surface area contributed by atoms with Crippen LogP contribution in [0.25, 0.3) is 10.9 Å². The molecule has 1 aliphatic heterocycles. The fourth-order valence-corrected chi connectivity index (χ4v) is 4.57. The number of aliphatic hydroxyl groups is 1. The number of nitrogens with one attached hydrogen (secondary N) is 1. The van der Waals surface area contributed by atoms with Gasteiger partial charge in [-0.1, -0.05) is 6.92 Å². The van der Waals surface area contributed by atoms with Crippen LogP contribution in [-0.2, 0) is 11.3 Å². The van der Waals surface area contributed by atoms with Crippen LogP contribution in [0.5, 0.6) is 0 Å². The standard InChI is InChI=1S/C23H35N5O3/c1-4-15(2)25-23-24-11-19-21(26-23)20(16-5-7-18(29)8-6-16)13-28(22(19)30)12-17-14-31-10-9-27(17)3/h11,13,15-18,29H,4-10,12,14H2,1-3H3,(H,24,25,26)/t15-,16-,17-,18-/m0/s1. The molecule has 31 heavy (non-hydrogen) atoms. The van der Waals surface area contributed by atoms with Crippen molar-refractivity contribution in [3.8, 4) is 0 Å². The number of rotatable bonds is 6. The number of morpholine rings is 1. The first kappa shape index (κ1) is 22.2. The van der Waals surface area contributed by atoms with Gasteiger partial charge in [0.1, 0.15) is 0 Å². The van der Waals surface area contributed by atoms with Crippen molar-refractivity contribution in [2.75, 3.05) is 32.1 Å². The van der Waals surface area contributed by atoms with E-state index in [2.05, 4.69) is 36.1 Å². The number of nitrogens with zero attached hydrogens (tertiary/aromatic N) is 4. The molecule has 2 aromatic rings. The minimum atomic E-state index is -0.223. The summed E-state index contributed by atoms with van der Waals surface area (Å²) >= 11 is 0. The Morgan fingerprint density at radius 1 is 1.32 bits per heavy atom. The van der Waals surface area contributed by atoms with E-state index >= 15 is 0 Å². The SMILES string of the molecule is CC[C@H](C)Nc1ncc2c(=O)n(C[C@H]3COCCN3C)cc([C@H]3CC[C@H](O)CC3)c2n1. The average Bonchev–Trinajstić information content (AvgIpc) is 2.77. The third kappa shape index (κ3) is 4.91. The van der Waals surface area contributed by atoms with Gasteiger partial charge in [-0.3, -0.25) is 9.69 Å². The maximum absolute atomic E-state index is 13.3. The molecule has 0 bridgehead atoms. The van der Waals surface area contributed by atoms with E-state index in [4.69, 9.17) is 9.72 Å². The summed E-state index contributed by atoms with van der Waals surface area (Å²) in [6.45, 7) is 7.02. The fourth-order valence-electron chi connectivity index (χ4n) is 4.57. The van der Waals surface area contributed by atoms with Gasteiger partial charge in [0.05, 0.1) is 36.3 Å². The van der Waals surface area contributed by atoms with Crippen molar-refractivity contribution in [2.24, 2.45) is 0 Å². The summed E-state index contributed by atoms with van der Waals surface area (Å²) in [6, 6.07) is 0.421. The normalized spacial score (nSPS) is 26.1. The molecule has 1 saturated heterocycles. The lowest BCUT2D eigenvalue weighted by atomic mass is 9.82. The molecule has 2 aliphatic rings. The predicted molar refractivity (Wildman–Crippen MR) is 122 cm³/mol. The van der Waals surface area contributed by atoms with Gasteiger partial charge in [0.15, 0.2) is 0 Å². The molecule has 0 radical (unpaired) electrons. The van der Waals surface area contributed by atoms with Gasteiger partial charge in [0.25, 0.3) is 5.56 Å². The van der Waals surface area contributed by atoms with Crippen LogP contribution in [0, 0.1) is 0 Å². The van der Waals surface area contributed by atoms with Crippen molar-refractivity contribution in [1.29, 1.82) is 0 Å². The van der Waals surface area contributed by atoms with Gasteiger partial charge in [-0.25, -0.2) is 9.97 Å². The molecular formula is C23H35N5O3. The molecule has 2 fully saturated rings. The Bertz CT molecular complexity index is 954. The van der Waals surface area contributed by atoms with Crippen LogP contribution in [0.2, 0.25) is 0 Å². The Kier molecular flexibility index (Phi) is 6.89. The summed E-state index contributed by atoms with van der Waals surface area (Å²) in [5.74, 6) is 0.848. The van der Waals surface area contributed by atoms with Gasteiger partial charge in [0, 0.05) is 31.5 Å². The Morgan fingerprint density at radius 3 is 2.81 bits per heavy atom. The molecule has 0 unspecified atom stereocenters. The third-order valence-electron chi connectivity index (χ3n) is 6.90. The minimum absolute atomic E-state index is 0.0522. The highest BCUT2D eigenvalue weighted by Gasteiger charge is 2.26. The number of pyridine rings is 1. The van der Waals surface area contributed by atoms with Crippen LogP contribution in [0.3, 0.4) is 0 Å². The molecular weight excluding hydrogens is 394 g/mol. The predicted octanol–water partition coefficient (Wildman–Crippen LogP) is 2.35. The van der Waals surface area contributed by atoms with Crippen LogP contribution < -0.4 is 10.9 Å². The van der Waals surface area contributed by atoms with Crippen molar-refractivity contribution in [3.05, 3.63) is 28.3 Å². The molecule has 1 aliphatic carbocycles. The van der Waals surface area contributed by atoms with Crippen LogP contribution in [0.15, 0.2) is 17.2 Å². The zero-order valence-electron chi connectivity index (χ0n) is 18.9. The second kappa shape index (κ2) is 9.63. The van der Waals surface area contributed by atoms with Gasteiger partial charge in [0.2, 0.25) is 5.95 Å².